The van der Waals surface area contributed by atoms with E-state index in [2.05, 4.69) is 20.6 Å². The summed E-state index contributed by atoms with van der Waals surface area (Å²) >= 11 is 0. The van der Waals surface area contributed by atoms with Crippen LogP contribution in [0.5, 0.6) is 11.5 Å². The van der Waals surface area contributed by atoms with Crippen molar-refractivity contribution in [3.05, 3.63) is 72.2 Å². The normalized spacial score (nSPS) is 10.2. The zero-order chi connectivity index (χ0) is 19.8. The Morgan fingerprint density at radius 3 is 2.11 bits per heavy atom. The number of benzene rings is 2. The molecule has 144 valence electrons. The molecule has 2 N–H and O–H groups in total. The van der Waals surface area contributed by atoms with E-state index in [1.54, 1.807) is 44.7 Å². The van der Waals surface area contributed by atoms with E-state index >= 15 is 0 Å². The van der Waals surface area contributed by atoms with E-state index < -0.39 is 0 Å². The van der Waals surface area contributed by atoms with Gasteiger partial charge in [0.05, 0.1) is 26.6 Å². The molecular formula is C21H22N4O3. The first-order chi connectivity index (χ1) is 13.7. The SMILES string of the molecule is COc1ccc(CCNc2cnc(C(=O)Nc3ccc(OC)cc3)cn2)cc1. The van der Waals surface area contributed by atoms with E-state index in [1.165, 1.54) is 11.8 Å². The first kappa shape index (κ1) is 19.2. The van der Waals surface area contributed by atoms with E-state index in [0.717, 1.165) is 17.9 Å². The van der Waals surface area contributed by atoms with Gasteiger partial charge in [0.25, 0.3) is 5.91 Å². The Hall–Kier alpha value is -3.61. The number of nitrogens with one attached hydrogen (secondary N) is 2. The van der Waals surface area contributed by atoms with E-state index in [4.69, 9.17) is 9.47 Å². The number of carbonyl (C=O) groups excluding carboxylic acids is 1. The zero-order valence-corrected chi connectivity index (χ0v) is 15.8. The molecule has 0 saturated carbocycles. The van der Waals surface area contributed by atoms with Crippen molar-refractivity contribution in [3.63, 3.8) is 0 Å². The number of ether oxygens (including phenoxy) is 2. The number of rotatable bonds is 8. The first-order valence-corrected chi connectivity index (χ1v) is 8.82. The standard InChI is InChI=1S/C21H22N4O3/c1-27-17-7-3-15(4-8-17)11-12-22-20-14-23-19(13-24-20)21(26)25-16-5-9-18(28-2)10-6-16/h3-10,13-14H,11-12H2,1-2H3,(H,22,24)(H,25,26). The lowest BCUT2D eigenvalue weighted by Gasteiger charge is -2.08. The topological polar surface area (TPSA) is 85.4 Å². The Bertz CT molecular complexity index is 894. The summed E-state index contributed by atoms with van der Waals surface area (Å²) in [5, 5.41) is 5.98. The average molecular weight is 378 g/mol. The second kappa shape index (κ2) is 9.36. The number of methoxy groups -OCH3 is 2. The molecule has 0 aliphatic heterocycles. The summed E-state index contributed by atoms with van der Waals surface area (Å²) in [5.74, 6) is 1.87. The van der Waals surface area contributed by atoms with Gasteiger partial charge in [0.2, 0.25) is 0 Å². The van der Waals surface area contributed by atoms with E-state index in [-0.39, 0.29) is 11.6 Å². The summed E-state index contributed by atoms with van der Waals surface area (Å²) in [4.78, 5) is 20.7. The van der Waals surface area contributed by atoms with Crippen LogP contribution in [-0.2, 0) is 6.42 Å². The highest BCUT2D eigenvalue weighted by Gasteiger charge is 2.08. The molecule has 0 aliphatic carbocycles. The van der Waals surface area contributed by atoms with E-state index in [1.807, 2.05) is 24.3 Å². The second-order valence-corrected chi connectivity index (χ2v) is 5.99. The molecule has 2 aromatic carbocycles. The molecule has 1 aromatic heterocycles. The van der Waals surface area contributed by atoms with Gasteiger partial charge in [0.15, 0.2) is 0 Å². The molecule has 0 aliphatic rings. The van der Waals surface area contributed by atoms with Crippen molar-refractivity contribution < 1.29 is 14.3 Å². The Morgan fingerprint density at radius 1 is 0.893 bits per heavy atom. The fourth-order valence-corrected chi connectivity index (χ4v) is 2.53. The molecular weight excluding hydrogens is 356 g/mol. The van der Waals surface area contributed by atoms with Gasteiger partial charge in [-0.1, -0.05) is 12.1 Å². The van der Waals surface area contributed by atoms with Crippen LogP contribution in [0.1, 0.15) is 16.1 Å². The fourth-order valence-electron chi connectivity index (χ4n) is 2.53. The maximum atomic E-state index is 12.3. The molecule has 7 heteroatoms. The first-order valence-electron chi connectivity index (χ1n) is 8.82. The highest BCUT2D eigenvalue weighted by Crippen LogP contribution is 2.16. The van der Waals surface area contributed by atoms with Gasteiger partial charge in [0, 0.05) is 12.2 Å². The van der Waals surface area contributed by atoms with Crippen molar-refractivity contribution in [1.82, 2.24) is 9.97 Å². The Balaban J connectivity index is 1.49. The molecule has 7 nitrogen and oxygen atoms in total. The molecule has 0 atom stereocenters. The number of hydrogen-bond acceptors (Lipinski definition) is 6. The van der Waals surface area contributed by atoms with E-state index in [9.17, 15) is 4.79 Å². The van der Waals surface area contributed by atoms with Crippen LogP contribution in [0.3, 0.4) is 0 Å². The maximum absolute atomic E-state index is 12.3. The Morgan fingerprint density at radius 2 is 1.54 bits per heavy atom. The van der Waals surface area contributed by atoms with Gasteiger partial charge >= 0.3 is 0 Å². The predicted molar refractivity (Wildman–Crippen MR) is 108 cm³/mol. The van der Waals surface area contributed by atoms with Crippen LogP contribution < -0.4 is 20.1 Å². The smallest absolute Gasteiger partial charge is 0.275 e. The van der Waals surface area contributed by atoms with Crippen LogP contribution in [0.25, 0.3) is 0 Å². The Labute approximate surface area is 163 Å². The number of hydrogen-bond donors (Lipinski definition) is 2. The van der Waals surface area contributed by atoms with Gasteiger partial charge in [-0.3, -0.25) is 4.79 Å². The van der Waals surface area contributed by atoms with Gasteiger partial charge < -0.3 is 20.1 Å². The third-order valence-electron chi connectivity index (χ3n) is 4.11. The van der Waals surface area contributed by atoms with Crippen LogP contribution >= 0.6 is 0 Å². The minimum atomic E-state index is -0.317. The third-order valence-corrected chi connectivity index (χ3v) is 4.11. The summed E-state index contributed by atoms with van der Waals surface area (Å²) in [5.41, 5.74) is 2.10. The highest BCUT2D eigenvalue weighted by molar-refractivity contribution is 6.02. The van der Waals surface area contributed by atoms with Gasteiger partial charge in [-0.2, -0.15) is 0 Å². The maximum Gasteiger partial charge on any atom is 0.275 e. The molecule has 1 heterocycles. The lowest BCUT2D eigenvalue weighted by atomic mass is 10.1. The van der Waals surface area contributed by atoms with Gasteiger partial charge in [0.1, 0.15) is 23.0 Å². The molecule has 3 rings (SSSR count). The Kier molecular flexibility index (Phi) is 6.41. The number of amides is 1. The molecule has 28 heavy (non-hydrogen) atoms. The molecule has 0 bridgehead atoms. The molecule has 0 saturated heterocycles. The van der Waals surface area contributed by atoms with Crippen molar-refractivity contribution in [2.45, 2.75) is 6.42 Å². The van der Waals surface area contributed by atoms with Gasteiger partial charge in [-0.05, 0) is 48.4 Å². The van der Waals surface area contributed by atoms with Crippen LogP contribution in [0.2, 0.25) is 0 Å². The summed E-state index contributed by atoms with van der Waals surface area (Å²) < 4.78 is 10.2. The molecule has 3 aromatic rings. The lowest BCUT2D eigenvalue weighted by Crippen LogP contribution is -2.15. The fraction of sp³-hybridized carbons (Fsp3) is 0.190. The number of carbonyl (C=O) groups is 1. The summed E-state index contributed by atoms with van der Waals surface area (Å²) in [7, 11) is 3.24. The molecule has 0 unspecified atom stereocenters. The second-order valence-electron chi connectivity index (χ2n) is 5.99. The number of nitrogens with zero attached hydrogens (tertiary/aromatic N) is 2. The number of anilines is 2. The van der Waals surface area contributed by atoms with Crippen molar-refractivity contribution >= 4 is 17.4 Å². The number of aromatic nitrogens is 2. The van der Waals surface area contributed by atoms with Crippen molar-refractivity contribution in [2.75, 3.05) is 31.4 Å². The highest BCUT2D eigenvalue weighted by atomic mass is 16.5. The monoisotopic (exact) mass is 378 g/mol. The summed E-state index contributed by atoms with van der Waals surface area (Å²) in [6.07, 6.45) is 3.84. The zero-order valence-electron chi connectivity index (χ0n) is 15.8. The lowest BCUT2D eigenvalue weighted by molar-refractivity contribution is 0.102. The average Bonchev–Trinajstić information content (AvgIpc) is 2.75. The summed E-state index contributed by atoms with van der Waals surface area (Å²) in [6.45, 7) is 0.707. The van der Waals surface area contributed by atoms with E-state index in [0.29, 0.717) is 18.1 Å². The molecule has 0 fully saturated rings. The van der Waals surface area contributed by atoms with Crippen molar-refractivity contribution in [3.8, 4) is 11.5 Å². The van der Waals surface area contributed by atoms with Crippen molar-refractivity contribution in [1.29, 1.82) is 0 Å². The predicted octanol–water partition coefficient (Wildman–Crippen LogP) is 3.40. The molecule has 0 spiro atoms. The largest absolute Gasteiger partial charge is 0.497 e. The van der Waals surface area contributed by atoms with Crippen LogP contribution in [0, 0.1) is 0 Å². The quantitative estimate of drug-likeness (QED) is 0.625. The molecule has 0 radical (unpaired) electrons. The molecule has 1 amide bonds. The summed E-state index contributed by atoms with van der Waals surface area (Å²) in [6, 6.07) is 15.0. The van der Waals surface area contributed by atoms with Crippen molar-refractivity contribution in [2.24, 2.45) is 0 Å². The van der Waals surface area contributed by atoms with Crippen LogP contribution in [0.4, 0.5) is 11.5 Å². The van der Waals surface area contributed by atoms with Gasteiger partial charge in [-0.25, -0.2) is 9.97 Å². The van der Waals surface area contributed by atoms with Crippen LogP contribution in [-0.4, -0.2) is 36.6 Å². The van der Waals surface area contributed by atoms with Gasteiger partial charge in [-0.15, -0.1) is 0 Å². The third kappa shape index (κ3) is 5.20. The van der Waals surface area contributed by atoms with Crippen LogP contribution in [0.15, 0.2) is 60.9 Å². The minimum absolute atomic E-state index is 0.247. The minimum Gasteiger partial charge on any atom is -0.497 e.